The van der Waals surface area contributed by atoms with Crippen LogP contribution in [0, 0.1) is 11.6 Å². The molecule has 12 heteroatoms. The van der Waals surface area contributed by atoms with Crippen molar-refractivity contribution in [3.05, 3.63) is 46.5 Å². The minimum atomic E-state index is -0.912. The number of halogens is 2. The fourth-order valence-electron chi connectivity index (χ4n) is 2.61. The molecular formula is C20H22F2N4O5S. The third kappa shape index (κ3) is 7.08. The zero-order valence-electron chi connectivity index (χ0n) is 17.6. The van der Waals surface area contributed by atoms with Crippen LogP contribution in [0.15, 0.2) is 28.7 Å². The second-order valence-corrected chi connectivity index (χ2v) is 7.21. The maximum atomic E-state index is 13.3. The maximum absolute atomic E-state index is 13.3. The molecule has 1 aromatic carbocycles. The van der Waals surface area contributed by atoms with Gasteiger partial charge in [-0.15, -0.1) is 11.3 Å². The molecule has 0 aliphatic heterocycles. The standard InChI is InChI=1S/C20H22F2N4O5S/c1-4-14(23-16(27)8-11-6-12(21)9-13(22)7-11)18(28)25-20-24-15(10-32-20)17(26-30-3)19(29)31-5-2/h6-7,9-10,14H,4-5,8H2,1-3H3,(H,23,27)(H,24,25,28). The molecule has 1 unspecified atom stereocenters. The van der Waals surface area contributed by atoms with Crippen LogP contribution in [0.4, 0.5) is 13.9 Å². The van der Waals surface area contributed by atoms with Crippen LogP contribution in [0.1, 0.15) is 31.5 Å². The second kappa shape index (κ2) is 11.8. The molecule has 0 saturated carbocycles. The van der Waals surface area contributed by atoms with Crippen molar-refractivity contribution in [3.63, 3.8) is 0 Å². The largest absolute Gasteiger partial charge is 0.461 e. The van der Waals surface area contributed by atoms with Gasteiger partial charge >= 0.3 is 5.97 Å². The molecule has 0 fully saturated rings. The number of hydrogen-bond acceptors (Lipinski definition) is 8. The molecule has 0 bridgehead atoms. The molecule has 172 valence electrons. The number of thiazole rings is 1. The Labute approximate surface area is 186 Å². The normalized spacial score (nSPS) is 12.1. The van der Waals surface area contributed by atoms with Crippen LogP contribution >= 0.6 is 11.3 Å². The maximum Gasteiger partial charge on any atom is 0.362 e. The number of anilines is 1. The SMILES string of the molecule is CCOC(=O)C(=NOC)c1csc(NC(=O)C(CC)NC(=O)Cc2cc(F)cc(F)c2)n1. The molecule has 0 spiro atoms. The van der Waals surface area contributed by atoms with E-state index < -0.39 is 35.5 Å². The van der Waals surface area contributed by atoms with E-state index in [0.717, 1.165) is 23.5 Å². The van der Waals surface area contributed by atoms with E-state index in [4.69, 9.17) is 4.74 Å². The topological polar surface area (TPSA) is 119 Å². The van der Waals surface area contributed by atoms with Crippen molar-refractivity contribution >= 4 is 40.0 Å². The summed E-state index contributed by atoms with van der Waals surface area (Å²) in [5, 5.41) is 10.3. The van der Waals surface area contributed by atoms with E-state index in [0.29, 0.717) is 6.07 Å². The first kappa shape index (κ1) is 24.9. The van der Waals surface area contributed by atoms with Crippen LogP contribution in [0.3, 0.4) is 0 Å². The first-order chi connectivity index (χ1) is 15.3. The fraction of sp³-hybridized carbons (Fsp3) is 0.350. The van der Waals surface area contributed by atoms with E-state index in [1.165, 1.54) is 12.5 Å². The van der Waals surface area contributed by atoms with Crippen molar-refractivity contribution < 1.29 is 32.7 Å². The summed E-state index contributed by atoms with van der Waals surface area (Å²) < 4.78 is 31.5. The predicted molar refractivity (Wildman–Crippen MR) is 113 cm³/mol. The Morgan fingerprint density at radius 1 is 1.19 bits per heavy atom. The highest BCUT2D eigenvalue weighted by molar-refractivity contribution is 7.14. The first-order valence-electron chi connectivity index (χ1n) is 9.56. The van der Waals surface area contributed by atoms with Gasteiger partial charge in [0.05, 0.1) is 13.0 Å². The molecule has 2 amide bonds. The molecule has 0 aliphatic carbocycles. The smallest absolute Gasteiger partial charge is 0.362 e. The quantitative estimate of drug-likeness (QED) is 0.314. The minimum absolute atomic E-state index is 0.134. The van der Waals surface area contributed by atoms with E-state index in [2.05, 4.69) is 25.6 Å². The molecule has 2 N–H and O–H groups in total. The molecule has 0 radical (unpaired) electrons. The Morgan fingerprint density at radius 2 is 1.88 bits per heavy atom. The number of carbonyl (C=O) groups excluding carboxylic acids is 3. The van der Waals surface area contributed by atoms with E-state index >= 15 is 0 Å². The van der Waals surface area contributed by atoms with E-state index in [1.807, 2.05) is 0 Å². The lowest BCUT2D eigenvalue weighted by atomic mass is 10.1. The van der Waals surface area contributed by atoms with Crippen LogP contribution in [0.5, 0.6) is 0 Å². The lowest BCUT2D eigenvalue weighted by Crippen LogP contribution is -2.44. The van der Waals surface area contributed by atoms with Gasteiger partial charge in [-0.25, -0.2) is 18.6 Å². The predicted octanol–water partition coefficient (Wildman–Crippen LogP) is 2.41. The summed E-state index contributed by atoms with van der Waals surface area (Å²) in [7, 11) is 1.26. The van der Waals surface area contributed by atoms with Gasteiger partial charge in [-0.3, -0.25) is 9.59 Å². The van der Waals surface area contributed by atoms with Gasteiger partial charge in [-0.1, -0.05) is 12.1 Å². The average Bonchev–Trinajstić information content (AvgIpc) is 3.17. The summed E-state index contributed by atoms with van der Waals surface area (Å²) in [4.78, 5) is 45.6. The van der Waals surface area contributed by atoms with Gasteiger partial charge in [-0.2, -0.15) is 0 Å². The molecule has 1 heterocycles. The summed E-state index contributed by atoms with van der Waals surface area (Å²) in [6.07, 6.45) is -0.0389. The molecule has 32 heavy (non-hydrogen) atoms. The van der Waals surface area contributed by atoms with E-state index in [9.17, 15) is 23.2 Å². The number of amides is 2. The summed E-state index contributed by atoms with van der Waals surface area (Å²) in [5.41, 5.74) is 0.133. The first-order valence-corrected chi connectivity index (χ1v) is 10.4. The highest BCUT2D eigenvalue weighted by Gasteiger charge is 2.23. The molecular weight excluding hydrogens is 446 g/mol. The monoisotopic (exact) mass is 468 g/mol. The highest BCUT2D eigenvalue weighted by Crippen LogP contribution is 2.17. The number of nitrogens with zero attached hydrogens (tertiary/aromatic N) is 2. The van der Waals surface area contributed by atoms with E-state index in [1.54, 1.807) is 13.8 Å². The van der Waals surface area contributed by atoms with Crippen LogP contribution in [0.2, 0.25) is 0 Å². The molecule has 9 nitrogen and oxygen atoms in total. The number of oxime groups is 1. The molecule has 2 aromatic rings. The molecule has 1 aromatic heterocycles. The number of ether oxygens (including phenoxy) is 1. The highest BCUT2D eigenvalue weighted by atomic mass is 32.1. The second-order valence-electron chi connectivity index (χ2n) is 6.35. The Bertz CT molecular complexity index is 991. The summed E-state index contributed by atoms with van der Waals surface area (Å²) in [5.74, 6) is -3.44. The number of aromatic nitrogens is 1. The third-order valence-corrected chi connectivity index (χ3v) is 4.73. The molecule has 2 rings (SSSR count). The lowest BCUT2D eigenvalue weighted by molar-refractivity contribution is -0.135. The van der Waals surface area contributed by atoms with Crippen molar-refractivity contribution in [1.82, 2.24) is 10.3 Å². The van der Waals surface area contributed by atoms with E-state index in [-0.39, 0.29) is 41.5 Å². The number of carbonyl (C=O) groups is 3. The molecule has 1 atom stereocenters. The summed E-state index contributed by atoms with van der Waals surface area (Å²) in [6, 6.07) is 1.88. The van der Waals surface area contributed by atoms with Gasteiger partial charge in [0.1, 0.15) is 30.5 Å². The Balaban J connectivity index is 2.03. The Hall–Kier alpha value is -3.41. The van der Waals surface area contributed by atoms with Crippen molar-refractivity contribution in [1.29, 1.82) is 0 Å². The number of hydrogen-bond donors (Lipinski definition) is 2. The fourth-order valence-corrected chi connectivity index (χ4v) is 3.31. The van der Waals surface area contributed by atoms with Crippen molar-refractivity contribution in [2.45, 2.75) is 32.7 Å². The number of esters is 1. The Kier molecular flexibility index (Phi) is 9.20. The van der Waals surface area contributed by atoms with Crippen molar-refractivity contribution in [3.8, 4) is 0 Å². The third-order valence-electron chi connectivity index (χ3n) is 3.98. The molecule has 0 saturated heterocycles. The number of rotatable bonds is 10. The van der Waals surface area contributed by atoms with Gasteiger partial charge in [-0.05, 0) is 31.0 Å². The van der Waals surface area contributed by atoms with Crippen LogP contribution in [0.25, 0.3) is 0 Å². The lowest BCUT2D eigenvalue weighted by Gasteiger charge is -2.16. The summed E-state index contributed by atoms with van der Waals surface area (Å²) in [6.45, 7) is 3.46. The zero-order valence-corrected chi connectivity index (χ0v) is 18.4. The van der Waals surface area contributed by atoms with Gasteiger partial charge in [0, 0.05) is 11.4 Å². The van der Waals surface area contributed by atoms with Crippen LogP contribution in [-0.2, 0) is 30.4 Å². The van der Waals surface area contributed by atoms with Gasteiger partial charge in [0.2, 0.25) is 17.5 Å². The van der Waals surface area contributed by atoms with Crippen molar-refractivity contribution in [2.24, 2.45) is 5.16 Å². The average molecular weight is 468 g/mol. The molecule has 0 aliphatic rings. The number of nitrogens with one attached hydrogen (secondary N) is 2. The van der Waals surface area contributed by atoms with Crippen LogP contribution < -0.4 is 10.6 Å². The van der Waals surface area contributed by atoms with Gasteiger partial charge in [0.25, 0.3) is 0 Å². The summed E-state index contributed by atoms with van der Waals surface area (Å²) >= 11 is 1.04. The van der Waals surface area contributed by atoms with Crippen molar-refractivity contribution in [2.75, 3.05) is 19.0 Å². The van der Waals surface area contributed by atoms with Crippen LogP contribution in [-0.4, -0.2) is 48.2 Å². The Morgan fingerprint density at radius 3 is 2.47 bits per heavy atom. The zero-order chi connectivity index (χ0) is 23.7. The number of benzene rings is 1. The minimum Gasteiger partial charge on any atom is -0.461 e. The van der Waals surface area contributed by atoms with Gasteiger partial charge < -0.3 is 20.2 Å². The van der Waals surface area contributed by atoms with Gasteiger partial charge in [0.15, 0.2) is 5.13 Å².